The molecule has 1 rings (SSSR count). The molecule has 0 unspecified atom stereocenters. The van der Waals surface area contributed by atoms with Crippen LogP contribution in [0.5, 0.6) is 0 Å². The molecular weight excluding hydrogens is 414 g/mol. The van der Waals surface area contributed by atoms with Gasteiger partial charge in [-0.2, -0.15) is 4.31 Å². The molecule has 0 aromatic carbocycles. The van der Waals surface area contributed by atoms with Gasteiger partial charge in [0.2, 0.25) is 15.5 Å². The van der Waals surface area contributed by atoms with Crippen LogP contribution in [0.4, 0.5) is 0 Å². The monoisotopic (exact) mass is 447 g/mol. The fourth-order valence-corrected chi connectivity index (χ4v) is 4.41. The van der Waals surface area contributed by atoms with Crippen molar-refractivity contribution < 1.29 is 52.5 Å². The standard InChI is InChI=1S/C16H33NO11S/c1-24-7-9-26-5-3-17(4-6-27-10-8-25-2)29(22,23)16-14(21)13(20)15(28-16)12(19)11-18/h12-16,18-21H,3-11H2,1-2H3/t12-,13-,14-,15+,16+/m1/s1. The summed E-state index contributed by atoms with van der Waals surface area (Å²) in [7, 11) is -1.23. The molecule has 0 aliphatic carbocycles. The number of hydrogen-bond acceptors (Lipinski definition) is 11. The highest BCUT2D eigenvalue weighted by molar-refractivity contribution is 7.89. The van der Waals surface area contributed by atoms with Crippen LogP contribution in [0.2, 0.25) is 0 Å². The van der Waals surface area contributed by atoms with E-state index in [9.17, 15) is 23.7 Å². The highest BCUT2D eigenvalue weighted by Crippen LogP contribution is 2.29. The summed E-state index contributed by atoms with van der Waals surface area (Å²) < 4.78 is 52.6. The summed E-state index contributed by atoms with van der Waals surface area (Å²) in [6.07, 6.45) is -6.44. The van der Waals surface area contributed by atoms with E-state index >= 15 is 0 Å². The maximum absolute atomic E-state index is 13.0. The Hall–Kier alpha value is -0.450. The molecule has 1 heterocycles. The summed E-state index contributed by atoms with van der Waals surface area (Å²) >= 11 is 0. The number of hydrogen-bond donors (Lipinski definition) is 4. The number of nitrogens with zero attached hydrogens (tertiary/aromatic N) is 1. The second kappa shape index (κ2) is 13.8. The Bertz CT molecular complexity index is 521. The summed E-state index contributed by atoms with van der Waals surface area (Å²) in [5, 5.41) is 38.9. The lowest BCUT2D eigenvalue weighted by atomic mass is 10.1. The molecule has 13 heteroatoms. The quantitative estimate of drug-likeness (QED) is 0.176. The molecular formula is C16H33NO11S. The van der Waals surface area contributed by atoms with E-state index in [4.69, 9.17) is 28.8 Å². The zero-order valence-corrected chi connectivity index (χ0v) is 17.6. The van der Waals surface area contributed by atoms with E-state index in [2.05, 4.69) is 0 Å². The van der Waals surface area contributed by atoms with Gasteiger partial charge in [0.15, 0.2) is 0 Å². The first-order valence-electron chi connectivity index (χ1n) is 9.24. The van der Waals surface area contributed by atoms with E-state index < -0.39 is 46.5 Å². The third-order valence-corrected chi connectivity index (χ3v) is 6.37. The number of sulfonamides is 1. The molecule has 1 saturated heterocycles. The smallest absolute Gasteiger partial charge is 0.244 e. The molecule has 0 spiro atoms. The second-order valence-corrected chi connectivity index (χ2v) is 8.37. The van der Waals surface area contributed by atoms with E-state index in [-0.39, 0.29) is 39.5 Å². The van der Waals surface area contributed by atoms with Crippen LogP contribution < -0.4 is 0 Å². The van der Waals surface area contributed by atoms with Crippen molar-refractivity contribution in [3.8, 4) is 0 Å². The lowest BCUT2D eigenvalue weighted by Gasteiger charge is -2.26. The molecule has 1 fully saturated rings. The van der Waals surface area contributed by atoms with Crippen LogP contribution in [0.15, 0.2) is 0 Å². The second-order valence-electron chi connectivity index (χ2n) is 6.35. The first-order valence-corrected chi connectivity index (χ1v) is 10.7. The van der Waals surface area contributed by atoms with Gasteiger partial charge in [-0.15, -0.1) is 0 Å². The molecule has 0 bridgehead atoms. The molecule has 4 N–H and O–H groups in total. The van der Waals surface area contributed by atoms with Crippen molar-refractivity contribution in [2.75, 3.05) is 73.6 Å². The third kappa shape index (κ3) is 7.95. The molecule has 1 aliphatic rings. The Morgan fingerprint density at radius 3 is 1.90 bits per heavy atom. The summed E-state index contributed by atoms with van der Waals surface area (Å²) in [4.78, 5) is 0. The van der Waals surface area contributed by atoms with Crippen molar-refractivity contribution in [1.29, 1.82) is 0 Å². The van der Waals surface area contributed by atoms with Gasteiger partial charge >= 0.3 is 0 Å². The highest BCUT2D eigenvalue weighted by Gasteiger charge is 2.52. The Balaban J connectivity index is 2.80. The zero-order chi connectivity index (χ0) is 21.9. The van der Waals surface area contributed by atoms with Crippen molar-refractivity contribution in [3.63, 3.8) is 0 Å². The van der Waals surface area contributed by atoms with Crippen LogP contribution in [-0.2, 0) is 33.7 Å². The SMILES string of the molecule is COCCOCCN(CCOCCOC)S(=O)(=O)[C@@H]1O[C@@H]([C@H](O)CO)[C@H](O)[C@H]1O. The van der Waals surface area contributed by atoms with Crippen LogP contribution >= 0.6 is 0 Å². The van der Waals surface area contributed by atoms with E-state index in [1.54, 1.807) is 0 Å². The van der Waals surface area contributed by atoms with Gasteiger partial charge in [-0.1, -0.05) is 0 Å². The maximum atomic E-state index is 13.0. The molecule has 1 aliphatic heterocycles. The average molecular weight is 448 g/mol. The molecule has 0 aromatic heterocycles. The Labute approximate surface area is 170 Å². The number of rotatable bonds is 16. The molecule has 174 valence electrons. The highest BCUT2D eigenvalue weighted by atomic mass is 32.2. The van der Waals surface area contributed by atoms with Crippen LogP contribution in [0.25, 0.3) is 0 Å². The van der Waals surface area contributed by atoms with E-state index in [0.717, 1.165) is 4.31 Å². The summed E-state index contributed by atoms with van der Waals surface area (Å²) in [5.41, 5.74) is -1.80. The fourth-order valence-electron chi connectivity index (χ4n) is 2.67. The lowest BCUT2D eigenvalue weighted by Crippen LogP contribution is -2.47. The van der Waals surface area contributed by atoms with E-state index in [1.165, 1.54) is 14.2 Å². The van der Waals surface area contributed by atoms with Gasteiger partial charge in [0.1, 0.15) is 24.4 Å². The minimum absolute atomic E-state index is 0.0461. The van der Waals surface area contributed by atoms with Gasteiger partial charge in [-0.25, -0.2) is 8.42 Å². The molecule has 29 heavy (non-hydrogen) atoms. The lowest BCUT2D eigenvalue weighted by molar-refractivity contribution is -0.0725. The van der Waals surface area contributed by atoms with Crippen LogP contribution in [0.3, 0.4) is 0 Å². The van der Waals surface area contributed by atoms with Crippen LogP contribution in [0.1, 0.15) is 0 Å². The van der Waals surface area contributed by atoms with Crippen molar-refractivity contribution in [3.05, 3.63) is 0 Å². The third-order valence-electron chi connectivity index (χ3n) is 4.31. The van der Waals surface area contributed by atoms with E-state index in [0.29, 0.717) is 13.2 Å². The van der Waals surface area contributed by atoms with Crippen molar-refractivity contribution in [2.24, 2.45) is 0 Å². The van der Waals surface area contributed by atoms with Crippen LogP contribution in [-0.4, -0.2) is 137 Å². The first kappa shape index (κ1) is 26.6. The largest absolute Gasteiger partial charge is 0.394 e. The Morgan fingerprint density at radius 2 is 1.45 bits per heavy atom. The predicted octanol–water partition coefficient (Wildman–Crippen LogP) is -3.26. The summed E-state index contributed by atoms with van der Waals surface area (Å²) in [6, 6.07) is 0. The predicted molar refractivity (Wildman–Crippen MR) is 99.7 cm³/mol. The van der Waals surface area contributed by atoms with E-state index in [1.807, 2.05) is 0 Å². The van der Waals surface area contributed by atoms with Crippen molar-refractivity contribution in [1.82, 2.24) is 4.31 Å². The van der Waals surface area contributed by atoms with Gasteiger partial charge in [-0.3, -0.25) is 0 Å². The first-order chi connectivity index (χ1) is 13.8. The Kier molecular flexibility index (Phi) is 12.6. The number of methoxy groups -OCH3 is 2. The van der Waals surface area contributed by atoms with Crippen LogP contribution in [0, 0.1) is 0 Å². The van der Waals surface area contributed by atoms with Crippen molar-refractivity contribution in [2.45, 2.75) is 29.9 Å². The zero-order valence-electron chi connectivity index (χ0n) is 16.8. The molecule has 0 aromatic rings. The molecule has 12 nitrogen and oxygen atoms in total. The number of ether oxygens (including phenoxy) is 5. The topological polar surface area (TPSA) is 164 Å². The number of aliphatic hydroxyl groups excluding tert-OH is 4. The molecule has 0 amide bonds. The summed E-state index contributed by atoms with van der Waals surface area (Å²) in [5.74, 6) is 0. The minimum atomic E-state index is -4.26. The normalized spacial score (nSPS) is 26.3. The molecule has 0 saturated carbocycles. The van der Waals surface area contributed by atoms with Gasteiger partial charge < -0.3 is 44.1 Å². The number of aliphatic hydroxyl groups is 4. The van der Waals surface area contributed by atoms with Gasteiger partial charge in [0, 0.05) is 27.3 Å². The maximum Gasteiger partial charge on any atom is 0.244 e. The average Bonchev–Trinajstić information content (AvgIpc) is 3.00. The van der Waals surface area contributed by atoms with Gasteiger partial charge in [0.25, 0.3) is 0 Å². The van der Waals surface area contributed by atoms with Gasteiger partial charge in [-0.05, 0) is 0 Å². The molecule has 0 radical (unpaired) electrons. The fraction of sp³-hybridized carbons (Fsp3) is 1.00. The Morgan fingerprint density at radius 1 is 0.931 bits per heavy atom. The van der Waals surface area contributed by atoms with Gasteiger partial charge in [0.05, 0.1) is 46.2 Å². The minimum Gasteiger partial charge on any atom is -0.394 e. The summed E-state index contributed by atoms with van der Waals surface area (Å²) in [6.45, 7) is 0.538. The molecule has 5 atom stereocenters. The van der Waals surface area contributed by atoms with Crippen molar-refractivity contribution >= 4 is 10.0 Å².